The van der Waals surface area contributed by atoms with Gasteiger partial charge in [0.2, 0.25) is 0 Å². The number of nitrogens with zero attached hydrogens (tertiary/aromatic N) is 1. The zero-order valence-corrected chi connectivity index (χ0v) is 11.8. The van der Waals surface area contributed by atoms with Crippen molar-refractivity contribution in [2.75, 3.05) is 13.1 Å². The number of ketones is 1. The molecule has 1 aliphatic carbocycles. The summed E-state index contributed by atoms with van der Waals surface area (Å²) in [6, 6.07) is 8.12. The molecule has 0 aromatic heterocycles. The van der Waals surface area contributed by atoms with Crippen LogP contribution in [-0.2, 0) is 0 Å². The predicted molar refractivity (Wildman–Crippen MR) is 77.5 cm³/mol. The van der Waals surface area contributed by atoms with E-state index >= 15 is 0 Å². The normalized spacial score (nSPS) is 22.8. The Balaban J connectivity index is 1.93. The van der Waals surface area contributed by atoms with Crippen LogP contribution in [-0.4, -0.2) is 29.3 Å². The van der Waals surface area contributed by atoms with E-state index in [-0.39, 0.29) is 5.54 Å². The first kappa shape index (κ1) is 12.9. The molecule has 3 rings (SSSR count). The van der Waals surface area contributed by atoms with Crippen molar-refractivity contribution in [2.24, 2.45) is 0 Å². The van der Waals surface area contributed by atoms with Gasteiger partial charge in [-0.1, -0.05) is 36.6 Å². The third-order valence-electron chi connectivity index (χ3n) is 4.85. The smallest absolute Gasteiger partial charge is 0.183 e. The van der Waals surface area contributed by atoms with E-state index in [1.807, 2.05) is 12.1 Å². The van der Waals surface area contributed by atoms with E-state index in [1.165, 1.54) is 31.2 Å². The highest BCUT2D eigenvalue weighted by molar-refractivity contribution is 6.03. The van der Waals surface area contributed by atoms with Crippen LogP contribution in [0.2, 0.25) is 0 Å². The lowest BCUT2D eigenvalue weighted by Crippen LogP contribution is -2.51. The van der Waals surface area contributed by atoms with E-state index in [9.17, 15) is 4.79 Å². The minimum Gasteiger partial charge on any atom is -0.292 e. The molecule has 2 heteroatoms. The summed E-state index contributed by atoms with van der Waals surface area (Å²) in [7, 11) is 0. The number of likely N-dealkylation sites (tertiary alicyclic amines) is 1. The molecule has 2 nitrogen and oxygen atoms in total. The first-order valence-corrected chi connectivity index (χ1v) is 7.59. The Bertz CT molecular complexity index is 468. The molecule has 1 aliphatic heterocycles. The lowest BCUT2D eigenvalue weighted by Gasteiger charge is -2.37. The minimum absolute atomic E-state index is 0.176. The topological polar surface area (TPSA) is 20.3 Å². The van der Waals surface area contributed by atoms with Crippen molar-refractivity contribution in [3.05, 3.63) is 35.4 Å². The molecule has 0 atom stereocenters. The Kier molecular flexibility index (Phi) is 3.44. The summed E-state index contributed by atoms with van der Waals surface area (Å²) in [4.78, 5) is 15.5. The van der Waals surface area contributed by atoms with E-state index in [0.29, 0.717) is 5.78 Å². The zero-order chi connectivity index (χ0) is 13.3. The Hall–Kier alpha value is -1.15. The summed E-state index contributed by atoms with van der Waals surface area (Å²) in [6.07, 6.45) is 7.02. The molecule has 19 heavy (non-hydrogen) atoms. The molecule has 0 amide bonds. The fourth-order valence-corrected chi connectivity index (χ4v) is 3.85. The number of hydrogen-bond acceptors (Lipinski definition) is 2. The van der Waals surface area contributed by atoms with Crippen LogP contribution in [0.5, 0.6) is 0 Å². The SMILES string of the molecule is Cc1cccc(C(=O)C2(N3CCCC3)CCCC2)c1. The van der Waals surface area contributed by atoms with Crippen LogP contribution >= 0.6 is 0 Å². The van der Waals surface area contributed by atoms with Gasteiger partial charge in [-0.25, -0.2) is 0 Å². The molecule has 0 bridgehead atoms. The second-order valence-corrected chi connectivity index (χ2v) is 6.13. The molecule has 2 fully saturated rings. The molecule has 1 heterocycles. The maximum Gasteiger partial charge on any atom is 0.183 e. The minimum atomic E-state index is -0.176. The maximum atomic E-state index is 13.1. The number of benzene rings is 1. The van der Waals surface area contributed by atoms with Crippen LogP contribution < -0.4 is 0 Å². The second-order valence-electron chi connectivity index (χ2n) is 6.13. The molecular formula is C17H23NO. The zero-order valence-electron chi connectivity index (χ0n) is 11.8. The van der Waals surface area contributed by atoms with Crippen molar-refractivity contribution in [2.45, 2.75) is 51.0 Å². The second kappa shape index (κ2) is 5.09. The number of aryl methyl sites for hydroxylation is 1. The van der Waals surface area contributed by atoms with Gasteiger partial charge in [0.25, 0.3) is 0 Å². The molecule has 1 aromatic carbocycles. The fraction of sp³-hybridized carbons (Fsp3) is 0.588. The number of Topliss-reactive ketones (excluding diaryl/α,β-unsaturated/α-hetero) is 1. The van der Waals surface area contributed by atoms with E-state index in [0.717, 1.165) is 31.5 Å². The highest BCUT2D eigenvalue weighted by atomic mass is 16.1. The highest BCUT2D eigenvalue weighted by Crippen LogP contribution is 2.39. The van der Waals surface area contributed by atoms with Gasteiger partial charge in [-0.15, -0.1) is 0 Å². The number of rotatable bonds is 3. The molecule has 0 radical (unpaired) electrons. The Morgan fingerprint density at radius 1 is 1.11 bits per heavy atom. The highest BCUT2D eigenvalue weighted by Gasteiger charge is 2.46. The standard InChI is InChI=1S/C17H23NO/c1-14-7-6-8-15(13-14)16(19)17(9-2-3-10-17)18-11-4-5-12-18/h6-8,13H,2-5,9-12H2,1H3. The van der Waals surface area contributed by atoms with Crippen molar-refractivity contribution < 1.29 is 4.79 Å². The van der Waals surface area contributed by atoms with Crippen molar-refractivity contribution in [1.82, 2.24) is 4.90 Å². The van der Waals surface area contributed by atoms with Gasteiger partial charge >= 0.3 is 0 Å². The number of hydrogen-bond donors (Lipinski definition) is 0. The van der Waals surface area contributed by atoms with E-state index in [2.05, 4.69) is 24.0 Å². The maximum absolute atomic E-state index is 13.1. The molecule has 2 aliphatic rings. The van der Waals surface area contributed by atoms with Gasteiger partial charge in [0.05, 0.1) is 5.54 Å². The molecule has 1 saturated carbocycles. The quantitative estimate of drug-likeness (QED) is 0.771. The monoisotopic (exact) mass is 257 g/mol. The summed E-state index contributed by atoms with van der Waals surface area (Å²) in [5.74, 6) is 0.371. The van der Waals surface area contributed by atoms with Crippen LogP contribution in [0.4, 0.5) is 0 Å². The molecule has 102 valence electrons. The van der Waals surface area contributed by atoms with Crippen molar-refractivity contribution >= 4 is 5.78 Å². The Morgan fingerprint density at radius 3 is 2.42 bits per heavy atom. The summed E-state index contributed by atoms with van der Waals surface area (Å²) in [6.45, 7) is 4.28. The first-order chi connectivity index (χ1) is 9.22. The van der Waals surface area contributed by atoms with E-state index in [4.69, 9.17) is 0 Å². The largest absolute Gasteiger partial charge is 0.292 e. The number of carbonyl (C=O) groups excluding carboxylic acids is 1. The first-order valence-electron chi connectivity index (χ1n) is 7.59. The Morgan fingerprint density at radius 2 is 1.79 bits per heavy atom. The lowest BCUT2D eigenvalue weighted by atomic mass is 9.85. The third-order valence-corrected chi connectivity index (χ3v) is 4.85. The summed E-state index contributed by atoms with van der Waals surface area (Å²) >= 11 is 0. The van der Waals surface area contributed by atoms with Crippen LogP contribution in [0.25, 0.3) is 0 Å². The van der Waals surface area contributed by atoms with Crippen LogP contribution in [0.3, 0.4) is 0 Å². The summed E-state index contributed by atoms with van der Waals surface area (Å²) in [5.41, 5.74) is 1.92. The Labute approximate surface area is 115 Å². The predicted octanol–water partition coefficient (Wildman–Crippen LogP) is 3.59. The van der Waals surface area contributed by atoms with Crippen molar-refractivity contribution in [3.8, 4) is 0 Å². The van der Waals surface area contributed by atoms with Crippen molar-refractivity contribution in [3.63, 3.8) is 0 Å². The molecule has 0 unspecified atom stereocenters. The van der Waals surface area contributed by atoms with Gasteiger partial charge < -0.3 is 0 Å². The molecule has 1 saturated heterocycles. The molecule has 0 spiro atoms. The van der Waals surface area contributed by atoms with Gasteiger partial charge in [-0.2, -0.15) is 0 Å². The van der Waals surface area contributed by atoms with E-state index in [1.54, 1.807) is 0 Å². The van der Waals surface area contributed by atoms with Gasteiger partial charge in [-0.05, 0) is 51.8 Å². The number of carbonyl (C=O) groups is 1. The average Bonchev–Trinajstić information content (AvgIpc) is 3.09. The van der Waals surface area contributed by atoms with Gasteiger partial charge in [0.15, 0.2) is 5.78 Å². The summed E-state index contributed by atoms with van der Waals surface area (Å²) in [5, 5.41) is 0. The lowest BCUT2D eigenvalue weighted by molar-refractivity contribution is 0.0626. The van der Waals surface area contributed by atoms with Crippen LogP contribution in [0.15, 0.2) is 24.3 Å². The molecule has 0 N–H and O–H groups in total. The third kappa shape index (κ3) is 2.23. The van der Waals surface area contributed by atoms with Gasteiger partial charge in [0.1, 0.15) is 0 Å². The van der Waals surface area contributed by atoms with Gasteiger partial charge in [-0.3, -0.25) is 9.69 Å². The summed E-state index contributed by atoms with van der Waals surface area (Å²) < 4.78 is 0. The van der Waals surface area contributed by atoms with Gasteiger partial charge in [0, 0.05) is 5.56 Å². The fourth-order valence-electron chi connectivity index (χ4n) is 3.85. The van der Waals surface area contributed by atoms with Crippen molar-refractivity contribution in [1.29, 1.82) is 0 Å². The molecular weight excluding hydrogens is 234 g/mol. The van der Waals surface area contributed by atoms with E-state index < -0.39 is 0 Å². The average molecular weight is 257 g/mol. The molecule has 1 aromatic rings. The van der Waals surface area contributed by atoms with Crippen LogP contribution in [0.1, 0.15) is 54.4 Å². The van der Waals surface area contributed by atoms with Crippen LogP contribution in [0, 0.1) is 6.92 Å².